The van der Waals surface area contributed by atoms with Gasteiger partial charge in [-0.2, -0.15) is 5.26 Å². The number of benzene rings is 1. The second-order valence-electron chi connectivity index (χ2n) is 2.47. The first-order chi connectivity index (χ1) is 5.77. The van der Waals surface area contributed by atoms with E-state index in [1.165, 1.54) is 0 Å². The van der Waals surface area contributed by atoms with E-state index >= 15 is 0 Å². The third-order valence-corrected chi connectivity index (χ3v) is 1.88. The topological polar surface area (TPSA) is 49.8 Å². The summed E-state index contributed by atoms with van der Waals surface area (Å²) in [6.45, 7) is 0.330. The fourth-order valence-electron chi connectivity index (χ4n) is 0.987. The van der Waals surface area contributed by atoms with Crippen molar-refractivity contribution in [3.63, 3.8) is 0 Å². The first kappa shape index (κ1) is 9.05. The van der Waals surface area contributed by atoms with Crippen LogP contribution >= 0.6 is 11.6 Å². The van der Waals surface area contributed by atoms with Gasteiger partial charge >= 0.3 is 0 Å². The fourth-order valence-corrected chi connectivity index (χ4v) is 1.19. The second kappa shape index (κ2) is 4.10. The molecule has 0 fully saturated rings. The van der Waals surface area contributed by atoms with E-state index in [2.05, 4.69) is 6.07 Å². The van der Waals surface area contributed by atoms with Gasteiger partial charge in [0.2, 0.25) is 0 Å². The minimum Gasteiger partial charge on any atom is -0.329 e. The molecule has 0 saturated heterocycles. The molecule has 0 radical (unpaired) electrons. The standard InChI is InChI=1S/C9H9ClN2/c10-9-3-1-2-7(4-9)8(5-11)6-12/h1-4,8H,5,11H2. The predicted molar refractivity (Wildman–Crippen MR) is 48.9 cm³/mol. The number of halogens is 1. The molecule has 1 atom stereocenters. The number of hydrogen-bond donors (Lipinski definition) is 1. The highest BCUT2D eigenvalue weighted by atomic mass is 35.5. The van der Waals surface area contributed by atoms with E-state index in [1.807, 2.05) is 12.1 Å². The SMILES string of the molecule is N#CC(CN)c1cccc(Cl)c1. The average molecular weight is 181 g/mol. The average Bonchev–Trinajstić information content (AvgIpc) is 2.07. The molecule has 1 unspecified atom stereocenters. The summed E-state index contributed by atoms with van der Waals surface area (Å²) in [6.07, 6.45) is 0. The lowest BCUT2D eigenvalue weighted by molar-refractivity contribution is 0.862. The molecule has 0 spiro atoms. The van der Waals surface area contributed by atoms with Gasteiger partial charge in [0.05, 0.1) is 12.0 Å². The Balaban J connectivity index is 2.95. The van der Waals surface area contributed by atoms with Crippen LogP contribution in [0.5, 0.6) is 0 Å². The summed E-state index contributed by atoms with van der Waals surface area (Å²) in [5, 5.41) is 9.34. The molecule has 62 valence electrons. The van der Waals surface area contributed by atoms with E-state index in [9.17, 15) is 0 Å². The Labute approximate surface area is 76.6 Å². The number of rotatable bonds is 2. The smallest absolute Gasteiger partial charge is 0.0835 e. The molecule has 0 heterocycles. The Hall–Kier alpha value is -1.04. The van der Waals surface area contributed by atoms with E-state index in [0.717, 1.165) is 5.56 Å². The minimum atomic E-state index is -0.247. The molecule has 2 nitrogen and oxygen atoms in total. The molecule has 0 aliphatic heterocycles. The molecule has 0 amide bonds. The Bertz CT molecular complexity index is 304. The maximum atomic E-state index is 8.70. The van der Waals surface area contributed by atoms with Crippen LogP contribution in [0.3, 0.4) is 0 Å². The van der Waals surface area contributed by atoms with Crippen LogP contribution in [0.1, 0.15) is 11.5 Å². The molecule has 0 aliphatic carbocycles. The Morgan fingerprint density at radius 3 is 2.83 bits per heavy atom. The summed E-state index contributed by atoms with van der Waals surface area (Å²) in [5.74, 6) is -0.247. The van der Waals surface area contributed by atoms with Gasteiger partial charge in [-0.25, -0.2) is 0 Å². The van der Waals surface area contributed by atoms with Crippen LogP contribution in [-0.4, -0.2) is 6.54 Å². The summed E-state index contributed by atoms with van der Waals surface area (Å²) in [6, 6.07) is 9.32. The Kier molecular flexibility index (Phi) is 3.09. The van der Waals surface area contributed by atoms with E-state index < -0.39 is 0 Å². The summed E-state index contributed by atoms with van der Waals surface area (Å²) in [4.78, 5) is 0. The van der Waals surface area contributed by atoms with Gasteiger partial charge in [-0.3, -0.25) is 0 Å². The number of nitrogens with two attached hydrogens (primary N) is 1. The van der Waals surface area contributed by atoms with Crippen molar-refractivity contribution in [2.75, 3.05) is 6.54 Å². The third kappa shape index (κ3) is 1.97. The van der Waals surface area contributed by atoms with Crippen LogP contribution in [0, 0.1) is 11.3 Å². The Morgan fingerprint density at radius 2 is 2.33 bits per heavy atom. The van der Waals surface area contributed by atoms with Gasteiger partial charge in [-0.05, 0) is 17.7 Å². The van der Waals surface area contributed by atoms with Crippen molar-refractivity contribution in [3.8, 4) is 6.07 Å². The minimum absolute atomic E-state index is 0.247. The van der Waals surface area contributed by atoms with E-state index in [-0.39, 0.29) is 5.92 Å². The zero-order valence-electron chi connectivity index (χ0n) is 6.50. The molecule has 1 aromatic carbocycles. The molecular formula is C9H9ClN2. The van der Waals surface area contributed by atoms with Gasteiger partial charge in [0, 0.05) is 11.6 Å². The first-order valence-corrected chi connectivity index (χ1v) is 4.01. The first-order valence-electron chi connectivity index (χ1n) is 3.63. The van der Waals surface area contributed by atoms with Crippen LogP contribution in [0.4, 0.5) is 0 Å². The molecule has 0 aromatic heterocycles. The van der Waals surface area contributed by atoms with Gasteiger partial charge in [-0.15, -0.1) is 0 Å². The number of nitriles is 1. The van der Waals surface area contributed by atoms with Gasteiger partial charge < -0.3 is 5.73 Å². The summed E-state index contributed by atoms with van der Waals surface area (Å²) < 4.78 is 0. The summed E-state index contributed by atoms with van der Waals surface area (Å²) >= 11 is 5.75. The lowest BCUT2D eigenvalue weighted by Crippen LogP contribution is -2.10. The van der Waals surface area contributed by atoms with Crippen molar-refractivity contribution >= 4 is 11.6 Å². The van der Waals surface area contributed by atoms with Gasteiger partial charge in [0.25, 0.3) is 0 Å². The predicted octanol–water partition coefficient (Wildman–Crippen LogP) is 1.91. The normalized spacial score (nSPS) is 12.1. The van der Waals surface area contributed by atoms with Crippen LogP contribution in [0.15, 0.2) is 24.3 Å². The highest BCUT2D eigenvalue weighted by molar-refractivity contribution is 6.30. The number of nitrogens with zero attached hydrogens (tertiary/aromatic N) is 1. The van der Waals surface area contributed by atoms with E-state index in [1.54, 1.807) is 12.1 Å². The van der Waals surface area contributed by atoms with Gasteiger partial charge in [0.1, 0.15) is 0 Å². The quantitative estimate of drug-likeness (QED) is 0.756. The van der Waals surface area contributed by atoms with E-state index in [0.29, 0.717) is 11.6 Å². The molecule has 0 saturated carbocycles. The maximum Gasteiger partial charge on any atom is 0.0835 e. The second-order valence-corrected chi connectivity index (χ2v) is 2.91. The number of hydrogen-bond acceptors (Lipinski definition) is 2. The van der Waals surface area contributed by atoms with Gasteiger partial charge in [-0.1, -0.05) is 23.7 Å². The highest BCUT2D eigenvalue weighted by Gasteiger charge is 2.07. The van der Waals surface area contributed by atoms with Crippen molar-refractivity contribution in [2.24, 2.45) is 5.73 Å². The molecule has 1 aromatic rings. The van der Waals surface area contributed by atoms with Crippen LogP contribution < -0.4 is 5.73 Å². The summed E-state index contributed by atoms with van der Waals surface area (Å²) in [7, 11) is 0. The lowest BCUT2D eigenvalue weighted by Gasteiger charge is -2.05. The van der Waals surface area contributed by atoms with Crippen LogP contribution in [0.25, 0.3) is 0 Å². The zero-order valence-corrected chi connectivity index (χ0v) is 7.25. The van der Waals surface area contributed by atoms with Gasteiger partial charge in [0.15, 0.2) is 0 Å². The molecular weight excluding hydrogens is 172 g/mol. The molecule has 0 bridgehead atoms. The highest BCUT2D eigenvalue weighted by Crippen LogP contribution is 2.17. The Morgan fingerprint density at radius 1 is 1.58 bits per heavy atom. The molecule has 3 heteroatoms. The van der Waals surface area contributed by atoms with Crippen LogP contribution in [-0.2, 0) is 0 Å². The van der Waals surface area contributed by atoms with Crippen molar-refractivity contribution in [2.45, 2.75) is 5.92 Å². The van der Waals surface area contributed by atoms with Crippen molar-refractivity contribution in [1.29, 1.82) is 5.26 Å². The molecule has 2 N–H and O–H groups in total. The van der Waals surface area contributed by atoms with Crippen molar-refractivity contribution in [3.05, 3.63) is 34.9 Å². The lowest BCUT2D eigenvalue weighted by atomic mass is 10.0. The van der Waals surface area contributed by atoms with Crippen molar-refractivity contribution < 1.29 is 0 Å². The fraction of sp³-hybridized carbons (Fsp3) is 0.222. The monoisotopic (exact) mass is 180 g/mol. The zero-order chi connectivity index (χ0) is 8.97. The largest absolute Gasteiger partial charge is 0.329 e. The maximum absolute atomic E-state index is 8.70. The van der Waals surface area contributed by atoms with Crippen molar-refractivity contribution in [1.82, 2.24) is 0 Å². The molecule has 12 heavy (non-hydrogen) atoms. The summed E-state index contributed by atoms with van der Waals surface area (Å²) in [5.41, 5.74) is 6.28. The van der Waals surface area contributed by atoms with E-state index in [4.69, 9.17) is 22.6 Å². The third-order valence-electron chi connectivity index (χ3n) is 1.64. The molecule has 1 rings (SSSR count). The van der Waals surface area contributed by atoms with Crippen LogP contribution in [0.2, 0.25) is 5.02 Å². The molecule has 0 aliphatic rings.